The van der Waals surface area contributed by atoms with Crippen LogP contribution >= 0.6 is 0 Å². The molecule has 14 heteroatoms. The standard InChI is InChI=1S/C30H32O14/c1-15(31)39-14-26-27(40-16(2)32)28(41-17(3)33)29(42-18(4)34)30(44-26)43-20-6-7-21(23(36)13-20)22(35)11-19-5-8-24-25(12-19)38-10-9-37-24/h5-8,12-13,26-30,36H,9-11,14H2,1-4H3/t26-,27-,28+,29+,30-/m1/s1. The van der Waals surface area contributed by atoms with E-state index in [0.717, 1.165) is 33.8 Å². The number of rotatable bonds is 10. The molecule has 0 aromatic heterocycles. The molecule has 4 rings (SSSR count). The van der Waals surface area contributed by atoms with Gasteiger partial charge in [-0.15, -0.1) is 0 Å². The van der Waals surface area contributed by atoms with Crippen molar-refractivity contribution in [2.45, 2.75) is 64.8 Å². The molecular weight excluding hydrogens is 584 g/mol. The third-order valence-electron chi connectivity index (χ3n) is 6.44. The topological polar surface area (TPSA) is 179 Å². The van der Waals surface area contributed by atoms with Crippen molar-refractivity contribution in [3.8, 4) is 23.0 Å². The zero-order valence-electron chi connectivity index (χ0n) is 24.4. The van der Waals surface area contributed by atoms with E-state index in [9.17, 15) is 29.1 Å². The number of carbonyl (C=O) groups excluding carboxylic acids is 5. The van der Waals surface area contributed by atoms with Crippen LogP contribution in [0.4, 0.5) is 0 Å². The van der Waals surface area contributed by atoms with Gasteiger partial charge < -0.3 is 43.0 Å². The van der Waals surface area contributed by atoms with E-state index in [4.69, 9.17) is 37.9 Å². The number of fused-ring (bicyclic) bond motifs is 1. The van der Waals surface area contributed by atoms with Crippen molar-refractivity contribution in [3.63, 3.8) is 0 Å². The number of hydrogen-bond acceptors (Lipinski definition) is 14. The maximum atomic E-state index is 13.0. The average molecular weight is 617 g/mol. The molecule has 0 bridgehead atoms. The van der Waals surface area contributed by atoms with Crippen LogP contribution in [0.2, 0.25) is 0 Å². The zero-order chi connectivity index (χ0) is 32.0. The molecule has 2 heterocycles. The van der Waals surface area contributed by atoms with E-state index in [-0.39, 0.29) is 17.7 Å². The number of phenolic OH excluding ortho intramolecular Hbond substituents is 1. The highest BCUT2D eigenvalue weighted by Gasteiger charge is 2.53. The molecule has 1 fully saturated rings. The van der Waals surface area contributed by atoms with Crippen LogP contribution in [0.25, 0.3) is 0 Å². The van der Waals surface area contributed by atoms with Crippen molar-refractivity contribution in [2.24, 2.45) is 0 Å². The van der Waals surface area contributed by atoms with E-state index in [1.165, 1.54) is 12.1 Å². The number of Topliss-reactive ketones (excluding diaryl/α,β-unsaturated/α-hetero) is 1. The monoisotopic (exact) mass is 616 g/mol. The molecule has 0 saturated carbocycles. The molecular formula is C30H32O14. The Hall–Kier alpha value is -4.85. The predicted molar refractivity (Wildman–Crippen MR) is 146 cm³/mol. The van der Waals surface area contributed by atoms with Crippen molar-refractivity contribution in [1.82, 2.24) is 0 Å². The maximum Gasteiger partial charge on any atom is 0.303 e. The minimum absolute atomic E-state index is 0.00813. The van der Waals surface area contributed by atoms with Crippen LogP contribution in [-0.4, -0.2) is 85.3 Å². The summed E-state index contributed by atoms with van der Waals surface area (Å²) in [6.07, 6.45) is -7.01. The van der Waals surface area contributed by atoms with Crippen molar-refractivity contribution < 1.29 is 67.0 Å². The Labute approximate surface area is 252 Å². The van der Waals surface area contributed by atoms with Gasteiger partial charge in [0.25, 0.3) is 0 Å². The van der Waals surface area contributed by atoms with Gasteiger partial charge in [-0.2, -0.15) is 0 Å². The molecule has 0 unspecified atom stereocenters. The number of phenols is 1. The Balaban J connectivity index is 1.57. The Morgan fingerprint density at radius 2 is 1.41 bits per heavy atom. The largest absolute Gasteiger partial charge is 0.507 e. The Morgan fingerprint density at radius 3 is 2.05 bits per heavy atom. The summed E-state index contributed by atoms with van der Waals surface area (Å²) < 4.78 is 44.0. The third-order valence-corrected chi connectivity index (χ3v) is 6.44. The molecule has 5 atom stereocenters. The highest BCUT2D eigenvalue weighted by molar-refractivity contribution is 6.00. The fourth-order valence-corrected chi connectivity index (χ4v) is 4.72. The van der Waals surface area contributed by atoms with Gasteiger partial charge in [-0.25, -0.2) is 0 Å². The lowest BCUT2D eigenvalue weighted by molar-refractivity contribution is -0.288. The van der Waals surface area contributed by atoms with Crippen LogP contribution in [0, 0.1) is 0 Å². The quantitative estimate of drug-likeness (QED) is 0.233. The minimum Gasteiger partial charge on any atom is -0.507 e. The predicted octanol–water partition coefficient (Wildman–Crippen LogP) is 2.05. The second kappa shape index (κ2) is 14.1. The smallest absolute Gasteiger partial charge is 0.303 e. The van der Waals surface area contributed by atoms with Gasteiger partial charge in [0, 0.05) is 40.2 Å². The number of ketones is 1. The van der Waals surface area contributed by atoms with Gasteiger partial charge in [0.15, 0.2) is 29.5 Å². The van der Waals surface area contributed by atoms with E-state index in [2.05, 4.69) is 0 Å². The van der Waals surface area contributed by atoms with Crippen molar-refractivity contribution in [1.29, 1.82) is 0 Å². The fraction of sp³-hybridized carbons (Fsp3) is 0.433. The van der Waals surface area contributed by atoms with Gasteiger partial charge in [-0.1, -0.05) is 6.07 Å². The minimum atomic E-state index is -1.51. The van der Waals surface area contributed by atoms with Crippen LogP contribution in [0.5, 0.6) is 23.0 Å². The first-order chi connectivity index (χ1) is 20.9. The summed E-state index contributed by atoms with van der Waals surface area (Å²) in [6, 6.07) is 9.02. The summed E-state index contributed by atoms with van der Waals surface area (Å²) >= 11 is 0. The Morgan fingerprint density at radius 1 is 0.773 bits per heavy atom. The lowest BCUT2D eigenvalue weighted by Crippen LogP contribution is -2.63. The number of hydrogen-bond donors (Lipinski definition) is 1. The maximum absolute atomic E-state index is 13.0. The Kier molecular flexibility index (Phi) is 10.3. The molecule has 0 aliphatic carbocycles. The lowest BCUT2D eigenvalue weighted by atomic mass is 9.98. The molecule has 2 aliphatic rings. The lowest BCUT2D eigenvalue weighted by Gasteiger charge is -2.43. The van der Waals surface area contributed by atoms with Gasteiger partial charge in [0.2, 0.25) is 12.4 Å². The highest BCUT2D eigenvalue weighted by Crippen LogP contribution is 2.34. The molecule has 2 aliphatic heterocycles. The van der Waals surface area contributed by atoms with Gasteiger partial charge in [-0.3, -0.25) is 24.0 Å². The first-order valence-electron chi connectivity index (χ1n) is 13.6. The molecule has 14 nitrogen and oxygen atoms in total. The summed E-state index contributed by atoms with van der Waals surface area (Å²) in [5.41, 5.74) is 0.658. The Bertz CT molecular complexity index is 1420. The van der Waals surface area contributed by atoms with Crippen LogP contribution in [0.3, 0.4) is 0 Å². The van der Waals surface area contributed by atoms with Gasteiger partial charge in [0.1, 0.15) is 37.4 Å². The molecule has 2 aromatic rings. The average Bonchev–Trinajstić information content (AvgIpc) is 2.94. The number of aromatic hydroxyl groups is 1. The van der Waals surface area contributed by atoms with Crippen LogP contribution in [0.1, 0.15) is 43.6 Å². The second-order valence-electron chi connectivity index (χ2n) is 9.94. The van der Waals surface area contributed by atoms with E-state index in [0.29, 0.717) is 30.3 Å². The molecule has 0 amide bonds. The number of ether oxygens (including phenoxy) is 8. The van der Waals surface area contributed by atoms with Gasteiger partial charge >= 0.3 is 23.9 Å². The molecule has 44 heavy (non-hydrogen) atoms. The number of carbonyl (C=O) groups is 5. The summed E-state index contributed by atoms with van der Waals surface area (Å²) in [6.45, 7) is 4.86. The van der Waals surface area contributed by atoms with Crippen molar-refractivity contribution in [3.05, 3.63) is 47.5 Å². The van der Waals surface area contributed by atoms with Crippen LogP contribution in [0.15, 0.2) is 36.4 Å². The molecule has 1 N–H and O–H groups in total. The summed E-state index contributed by atoms with van der Waals surface area (Å²) in [5, 5.41) is 10.7. The first-order valence-corrected chi connectivity index (χ1v) is 13.6. The van der Waals surface area contributed by atoms with Crippen LogP contribution < -0.4 is 14.2 Å². The molecule has 236 valence electrons. The molecule has 0 radical (unpaired) electrons. The normalized spacial score (nSPS) is 22.2. The fourth-order valence-electron chi connectivity index (χ4n) is 4.72. The summed E-state index contributed by atoms with van der Waals surface area (Å²) in [7, 11) is 0. The van der Waals surface area contributed by atoms with Crippen LogP contribution in [-0.2, 0) is 49.3 Å². The SMILES string of the molecule is CC(=O)OC[C@H]1O[C@@H](Oc2ccc(C(=O)Cc3ccc4c(c3)OCCO4)c(O)c2)[C@@H](OC(C)=O)[C@@H](OC(C)=O)[C@@H]1OC(C)=O. The van der Waals surface area contributed by atoms with Gasteiger partial charge in [-0.05, 0) is 29.8 Å². The summed E-state index contributed by atoms with van der Waals surface area (Å²) in [4.78, 5) is 60.5. The zero-order valence-corrected chi connectivity index (χ0v) is 24.4. The van der Waals surface area contributed by atoms with E-state index < -0.39 is 72.7 Å². The molecule has 2 aromatic carbocycles. The number of benzene rings is 2. The highest BCUT2D eigenvalue weighted by atomic mass is 16.7. The van der Waals surface area contributed by atoms with E-state index >= 15 is 0 Å². The third kappa shape index (κ3) is 8.16. The van der Waals surface area contributed by atoms with Gasteiger partial charge in [0.05, 0.1) is 5.56 Å². The van der Waals surface area contributed by atoms with E-state index in [1.54, 1.807) is 18.2 Å². The molecule has 0 spiro atoms. The first kappa shape index (κ1) is 32.1. The number of esters is 4. The van der Waals surface area contributed by atoms with Crippen molar-refractivity contribution in [2.75, 3.05) is 19.8 Å². The van der Waals surface area contributed by atoms with E-state index in [1.807, 2.05) is 0 Å². The molecule has 1 saturated heterocycles. The van der Waals surface area contributed by atoms with Crippen molar-refractivity contribution >= 4 is 29.7 Å². The summed E-state index contributed by atoms with van der Waals surface area (Å²) in [5.74, 6) is -2.74. The second-order valence-corrected chi connectivity index (χ2v) is 9.94.